The Morgan fingerprint density at radius 1 is 1.28 bits per heavy atom. The molecule has 1 aliphatic rings. The molecular formula is C28H42O3S. The Morgan fingerprint density at radius 3 is 2.62 bits per heavy atom. The molecule has 0 saturated carbocycles. The van der Waals surface area contributed by atoms with Crippen LogP contribution in [0.2, 0.25) is 0 Å². The number of benzene rings is 1. The van der Waals surface area contributed by atoms with Crippen molar-refractivity contribution in [3.63, 3.8) is 0 Å². The fourth-order valence-corrected chi connectivity index (χ4v) is 5.05. The first-order valence-electron chi connectivity index (χ1n) is 12.1. The number of aromatic hydroxyl groups is 1. The summed E-state index contributed by atoms with van der Waals surface area (Å²) in [6.07, 6.45) is 9.44. The van der Waals surface area contributed by atoms with Crippen LogP contribution in [0.4, 0.5) is 4.79 Å². The summed E-state index contributed by atoms with van der Waals surface area (Å²) in [5, 5.41) is 10.8. The predicted octanol–water partition coefficient (Wildman–Crippen LogP) is 8.81. The first kappa shape index (κ1) is 26.6. The quantitative estimate of drug-likeness (QED) is 0.216. The van der Waals surface area contributed by atoms with Gasteiger partial charge in [-0.2, -0.15) is 0 Å². The van der Waals surface area contributed by atoms with E-state index in [0.29, 0.717) is 11.5 Å². The number of ether oxygens (including phenoxy) is 1. The monoisotopic (exact) mass is 458 g/mol. The zero-order valence-electron chi connectivity index (χ0n) is 20.9. The van der Waals surface area contributed by atoms with Gasteiger partial charge in [-0.15, -0.1) is 0 Å². The zero-order valence-corrected chi connectivity index (χ0v) is 21.7. The van der Waals surface area contributed by atoms with Crippen molar-refractivity contribution in [1.82, 2.24) is 0 Å². The third-order valence-electron chi connectivity index (χ3n) is 6.69. The summed E-state index contributed by atoms with van der Waals surface area (Å²) >= 11 is 1.22. The highest BCUT2D eigenvalue weighted by atomic mass is 32.2. The number of carbonyl (C=O) groups is 1. The average Bonchev–Trinajstić information content (AvgIpc) is 2.72. The molecule has 0 unspecified atom stereocenters. The SMILES string of the molecule is C=C(C)[C@@H]1CCC(C)=C[C@H]1c1c(O)cc(CCCCC)cc1OC(=O)SCC(C)(C)CC. The fraction of sp³-hybridized carbons (Fsp3) is 0.607. The van der Waals surface area contributed by atoms with E-state index < -0.39 is 0 Å². The molecule has 2 rings (SSSR count). The van der Waals surface area contributed by atoms with Gasteiger partial charge in [0.1, 0.15) is 11.5 Å². The molecule has 32 heavy (non-hydrogen) atoms. The highest BCUT2D eigenvalue weighted by molar-refractivity contribution is 8.13. The zero-order chi connectivity index (χ0) is 23.9. The van der Waals surface area contributed by atoms with Crippen LogP contribution in [0.1, 0.15) is 97.1 Å². The van der Waals surface area contributed by atoms with E-state index in [-0.39, 0.29) is 28.3 Å². The molecule has 1 aliphatic carbocycles. The number of rotatable bonds is 10. The van der Waals surface area contributed by atoms with E-state index in [1.165, 1.54) is 17.3 Å². The molecule has 178 valence electrons. The van der Waals surface area contributed by atoms with Crippen molar-refractivity contribution in [2.24, 2.45) is 11.3 Å². The van der Waals surface area contributed by atoms with Crippen molar-refractivity contribution < 1.29 is 14.6 Å². The highest BCUT2D eigenvalue weighted by Gasteiger charge is 2.31. The number of aryl methyl sites for hydroxylation is 1. The van der Waals surface area contributed by atoms with Gasteiger partial charge in [-0.25, -0.2) is 4.79 Å². The van der Waals surface area contributed by atoms with Gasteiger partial charge in [0.2, 0.25) is 0 Å². The Hall–Kier alpha value is -1.68. The Balaban J connectivity index is 2.41. The van der Waals surface area contributed by atoms with Crippen LogP contribution < -0.4 is 4.74 Å². The summed E-state index contributed by atoms with van der Waals surface area (Å²) in [7, 11) is 0. The van der Waals surface area contributed by atoms with Gasteiger partial charge < -0.3 is 9.84 Å². The van der Waals surface area contributed by atoms with Crippen LogP contribution in [0.15, 0.2) is 35.9 Å². The Bertz CT molecular complexity index is 837. The van der Waals surface area contributed by atoms with Crippen LogP contribution in [-0.4, -0.2) is 16.2 Å². The van der Waals surface area contributed by atoms with Crippen molar-refractivity contribution in [3.05, 3.63) is 47.1 Å². The van der Waals surface area contributed by atoms with Gasteiger partial charge in [0.25, 0.3) is 0 Å². The van der Waals surface area contributed by atoms with E-state index in [9.17, 15) is 9.90 Å². The molecule has 0 radical (unpaired) electrons. The largest absolute Gasteiger partial charge is 0.507 e. The lowest BCUT2D eigenvalue weighted by molar-refractivity contribution is 0.225. The van der Waals surface area contributed by atoms with E-state index >= 15 is 0 Å². The average molecular weight is 459 g/mol. The summed E-state index contributed by atoms with van der Waals surface area (Å²) in [5.41, 5.74) is 4.21. The van der Waals surface area contributed by atoms with Gasteiger partial charge in [0, 0.05) is 17.2 Å². The maximum absolute atomic E-state index is 12.8. The summed E-state index contributed by atoms with van der Waals surface area (Å²) < 4.78 is 5.93. The van der Waals surface area contributed by atoms with Crippen LogP contribution in [0.3, 0.4) is 0 Å². The second-order valence-electron chi connectivity index (χ2n) is 10.2. The number of allylic oxidation sites excluding steroid dienone is 3. The van der Waals surface area contributed by atoms with Crippen LogP contribution >= 0.6 is 11.8 Å². The molecule has 0 aliphatic heterocycles. The molecule has 0 aromatic heterocycles. The van der Waals surface area contributed by atoms with E-state index in [1.54, 1.807) is 0 Å². The van der Waals surface area contributed by atoms with Crippen molar-refractivity contribution in [2.75, 3.05) is 5.75 Å². The van der Waals surface area contributed by atoms with Crippen molar-refractivity contribution in [1.29, 1.82) is 0 Å². The molecule has 0 spiro atoms. The second-order valence-corrected chi connectivity index (χ2v) is 11.1. The number of hydrogen-bond donors (Lipinski definition) is 1. The summed E-state index contributed by atoms with van der Waals surface area (Å²) in [4.78, 5) is 12.8. The van der Waals surface area contributed by atoms with Crippen LogP contribution in [0.5, 0.6) is 11.5 Å². The second kappa shape index (κ2) is 12.0. The summed E-state index contributed by atoms with van der Waals surface area (Å²) in [6.45, 7) is 17.0. The minimum absolute atomic E-state index is 0.0363. The Morgan fingerprint density at radius 2 is 2.00 bits per heavy atom. The van der Waals surface area contributed by atoms with Gasteiger partial charge in [0.15, 0.2) is 0 Å². The van der Waals surface area contributed by atoms with Gasteiger partial charge in [0.05, 0.1) is 0 Å². The first-order chi connectivity index (χ1) is 15.1. The molecule has 4 heteroatoms. The predicted molar refractivity (Wildman–Crippen MR) is 138 cm³/mol. The Labute approximate surface area is 199 Å². The number of thioether (sulfide) groups is 1. The smallest absolute Gasteiger partial charge is 0.372 e. The van der Waals surface area contributed by atoms with Gasteiger partial charge in [-0.3, -0.25) is 0 Å². The van der Waals surface area contributed by atoms with Crippen molar-refractivity contribution in [3.8, 4) is 11.5 Å². The topological polar surface area (TPSA) is 46.5 Å². The molecule has 1 aromatic rings. The van der Waals surface area contributed by atoms with Crippen LogP contribution in [0, 0.1) is 11.3 Å². The molecule has 0 heterocycles. The van der Waals surface area contributed by atoms with Gasteiger partial charge in [-0.05, 0) is 80.3 Å². The maximum Gasteiger partial charge on any atom is 0.372 e. The van der Waals surface area contributed by atoms with E-state index in [1.807, 2.05) is 12.1 Å². The number of hydrogen-bond acceptors (Lipinski definition) is 4. The standard InChI is InChI=1S/C28H42O3S/c1-8-10-11-12-21-16-24(29)26(23-15-20(5)13-14-22(23)19(3)4)25(17-21)31-27(30)32-18-28(6,7)9-2/h15-17,22-23,29H,3,8-14,18H2,1-2,4-7H3/t22-,23+/m0/s1. The fourth-order valence-electron chi connectivity index (χ4n) is 4.19. The molecule has 0 fully saturated rings. The molecule has 1 N–H and O–H groups in total. The van der Waals surface area contributed by atoms with Gasteiger partial charge >= 0.3 is 5.30 Å². The lowest BCUT2D eigenvalue weighted by Gasteiger charge is -2.32. The van der Waals surface area contributed by atoms with E-state index in [0.717, 1.165) is 61.6 Å². The van der Waals surface area contributed by atoms with Gasteiger partial charge in [-0.1, -0.05) is 70.8 Å². The van der Waals surface area contributed by atoms with E-state index in [4.69, 9.17) is 4.74 Å². The number of phenolic OH excluding ortho intramolecular Hbond substituents is 1. The molecule has 1 aromatic carbocycles. The molecule has 0 amide bonds. The summed E-state index contributed by atoms with van der Waals surface area (Å²) in [6, 6.07) is 3.84. The molecule has 2 atom stereocenters. The minimum Gasteiger partial charge on any atom is -0.507 e. The third-order valence-corrected chi connectivity index (χ3v) is 7.94. The maximum atomic E-state index is 12.8. The lowest BCUT2D eigenvalue weighted by atomic mass is 9.73. The van der Waals surface area contributed by atoms with Crippen LogP contribution in [0.25, 0.3) is 0 Å². The number of carbonyl (C=O) groups excluding carboxylic acids is 1. The van der Waals surface area contributed by atoms with E-state index in [2.05, 4.69) is 54.2 Å². The van der Waals surface area contributed by atoms with Crippen molar-refractivity contribution in [2.45, 2.75) is 92.4 Å². The minimum atomic E-state index is -0.304. The van der Waals surface area contributed by atoms with Crippen LogP contribution in [-0.2, 0) is 6.42 Å². The molecule has 0 saturated heterocycles. The molecule has 3 nitrogen and oxygen atoms in total. The summed E-state index contributed by atoms with van der Waals surface area (Å²) in [5.74, 6) is 1.62. The third kappa shape index (κ3) is 7.43. The first-order valence-corrected chi connectivity index (χ1v) is 13.1. The highest BCUT2D eigenvalue weighted by Crippen LogP contribution is 2.47. The lowest BCUT2D eigenvalue weighted by Crippen LogP contribution is -2.19. The normalized spacial score (nSPS) is 18.9. The molecular weight excluding hydrogens is 416 g/mol. The Kier molecular flexibility index (Phi) is 9.94. The number of phenols is 1. The van der Waals surface area contributed by atoms with Crippen molar-refractivity contribution >= 4 is 17.1 Å². The molecule has 0 bridgehead atoms. The number of unbranched alkanes of at least 4 members (excludes halogenated alkanes) is 2.